The van der Waals surface area contributed by atoms with Crippen LogP contribution in [0.15, 0.2) is 0 Å². The number of amides is 2. The van der Waals surface area contributed by atoms with Crippen LogP contribution in [-0.2, 0) is 9.59 Å². The van der Waals surface area contributed by atoms with Crippen LogP contribution in [0, 0.1) is 5.92 Å². The first-order valence-corrected chi connectivity index (χ1v) is 7.71. The molecule has 1 aliphatic rings. The van der Waals surface area contributed by atoms with E-state index in [4.69, 9.17) is 0 Å². The van der Waals surface area contributed by atoms with Crippen molar-refractivity contribution < 1.29 is 9.59 Å². The second-order valence-electron chi connectivity index (χ2n) is 5.12. The number of carbonyl (C=O) groups is 2. The van der Waals surface area contributed by atoms with Crippen molar-refractivity contribution in [3.63, 3.8) is 0 Å². The second-order valence-corrected chi connectivity index (χ2v) is 6.49. The van der Waals surface area contributed by atoms with E-state index in [0.29, 0.717) is 16.9 Å². The minimum atomic E-state index is -0.0416. The second kappa shape index (κ2) is 7.67. The summed E-state index contributed by atoms with van der Waals surface area (Å²) in [7, 11) is 0. The number of hydrogen-bond acceptors (Lipinski definition) is 3. The van der Waals surface area contributed by atoms with Crippen molar-refractivity contribution in [3.05, 3.63) is 0 Å². The van der Waals surface area contributed by atoms with Gasteiger partial charge in [-0.2, -0.15) is 0 Å². The Kier molecular flexibility index (Phi) is 6.54. The highest BCUT2D eigenvalue weighted by atomic mass is 32.2. The molecule has 5 heteroatoms. The molecule has 0 aromatic heterocycles. The summed E-state index contributed by atoms with van der Waals surface area (Å²) in [6.45, 7) is 8.24. The third-order valence-corrected chi connectivity index (χ3v) is 4.81. The van der Waals surface area contributed by atoms with E-state index in [0.717, 1.165) is 25.9 Å². The monoisotopic (exact) mass is 272 g/mol. The molecule has 0 aromatic rings. The normalized spacial score (nSPS) is 17.0. The lowest BCUT2D eigenvalue weighted by Crippen LogP contribution is -2.39. The van der Waals surface area contributed by atoms with E-state index in [-0.39, 0.29) is 18.4 Å². The van der Waals surface area contributed by atoms with Gasteiger partial charge >= 0.3 is 0 Å². The molecule has 1 saturated heterocycles. The molecule has 18 heavy (non-hydrogen) atoms. The van der Waals surface area contributed by atoms with Crippen LogP contribution in [0.3, 0.4) is 0 Å². The molecule has 4 nitrogen and oxygen atoms in total. The molecule has 1 rings (SSSR count). The molecular weight excluding hydrogens is 248 g/mol. The van der Waals surface area contributed by atoms with E-state index in [1.54, 1.807) is 11.8 Å². The highest BCUT2D eigenvalue weighted by Gasteiger charge is 2.18. The molecular formula is C13H24N2O2S. The molecule has 1 heterocycles. The molecule has 1 unspecified atom stereocenters. The quantitative estimate of drug-likeness (QED) is 0.797. The van der Waals surface area contributed by atoms with Gasteiger partial charge in [0.2, 0.25) is 11.8 Å². The van der Waals surface area contributed by atoms with Gasteiger partial charge in [0.05, 0.1) is 12.3 Å². The molecule has 1 atom stereocenters. The van der Waals surface area contributed by atoms with Gasteiger partial charge in [0.25, 0.3) is 0 Å². The number of carbonyl (C=O) groups excluding carboxylic acids is 2. The maximum absolute atomic E-state index is 11.7. The van der Waals surface area contributed by atoms with E-state index in [2.05, 4.69) is 26.1 Å². The topological polar surface area (TPSA) is 49.4 Å². The third-order valence-electron chi connectivity index (χ3n) is 3.31. The Hall–Kier alpha value is -0.710. The SMILES string of the molecule is CC(C)C(C)SCC(=O)NCC(=O)N1CCCC1. The minimum absolute atomic E-state index is 0.0416. The molecule has 104 valence electrons. The van der Waals surface area contributed by atoms with Crippen molar-refractivity contribution in [2.24, 2.45) is 5.92 Å². The number of rotatable bonds is 6. The fraction of sp³-hybridized carbons (Fsp3) is 0.846. The van der Waals surface area contributed by atoms with Gasteiger partial charge in [0.15, 0.2) is 0 Å². The van der Waals surface area contributed by atoms with Crippen molar-refractivity contribution in [2.45, 2.75) is 38.9 Å². The number of likely N-dealkylation sites (tertiary alicyclic amines) is 1. The third kappa shape index (κ3) is 5.29. The average Bonchev–Trinajstić information content (AvgIpc) is 2.86. The first-order chi connectivity index (χ1) is 8.50. The van der Waals surface area contributed by atoms with E-state index in [1.807, 2.05) is 4.90 Å². The first-order valence-electron chi connectivity index (χ1n) is 6.66. The average molecular weight is 272 g/mol. The summed E-state index contributed by atoms with van der Waals surface area (Å²) in [4.78, 5) is 25.1. The Morgan fingerprint density at radius 2 is 1.83 bits per heavy atom. The van der Waals surface area contributed by atoms with Gasteiger partial charge in [-0.1, -0.05) is 20.8 Å². The predicted octanol–water partition coefficient (Wildman–Crippen LogP) is 1.50. The van der Waals surface area contributed by atoms with Crippen molar-refractivity contribution >= 4 is 23.6 Å². The van der Waals surface area contributed by atoms with Crippen LogP contribution in [0.1, 0.15) is 33.6 Å². The number of nitrogens with one attached hydrogen (secondary N) is 1. The van der Waals surface area contributed by atoms with Gasteiger partial charge in [-0.3, -0.25) is 9.59 Å². The zero-order valence-corrected chi connectivity index (χ0v) is 12.4. The van der Waals surface area contributed by atoms with Gasteiger partial charge in [-0.25, -0.2) is 0 Å². The largest absolute Gasteiger partial charge is 0.346 e. The molecule has 0 saturated carbocycles. The van der Waals surface area contributed by atoms with Crippen LogP contribution < -0.4 is 5.32 Å². The Labute approximate surface area is 114 Å². The van der Waals surface area contributed by atoms with E-state index in [9.17, 15) is 9.59 Å². The van der Waals surface area contributed by atoms with Crippen molar-refractivity contribution in [2.75, 3.05) is 25.4 Å². The van der Waals surface area contributed by atoms with Crippen molar-refractivity contribution in [1.29, 1.82) is 0 Å². The maximum Gasteiger partial charge on any atom is 0.241 e. The molecule has 0 aliphatic carbocycles. The van der Waals surface area contributed by atoms with Gasteiger partial charge < -0.3 is 10.2 Å². The van der Waals surface area contributed by atoms with E-state index >= 15 is 0 Å². The zero-order chi connectivity index (χ0) is 13.5. The van der Waals surface area contributed by atoms with E-state index < -0.39 is 0 Å². The smallest absolute Gasteiger partial charge is 0.241 e. The lowest BCUT2D eigenvalue weighted by molar-refractivity contribution is -0.131. The summed E-state index contributed by atoms with van der Waals surface area (Å²) in [6, 6.07) is 0. The molecule has 1 N–H and O–H groups in total. The van der Waals surface area contributed by atoms with Crippen LogP contribution in [0.4, 0.5) is 0 Å². The molecule has 1 fully saturated rings. The highest BCUT2D eigenvalue weighted by Crippen LogP contribution is 2.17. The fourth-order valence-electron chi connectivity index (χ4n) is 1.70. The lowest BCUT2D eigenvalue weighted by atomic mass is 10.2. The molecule has 0 radical (unpaired) electrons. The lowest BCUT2D eigenvalue weighted by Gasteiger charge is -2.16. The summed E-state index contributed by atoms with van der Waals surface area (Å²) >= 11 is 1.64. The highest BCUT2D eigenvalue weighted by molar-refractivity contribution is 8.00. The Morgan fingerprint density at radius 3 is 2.39 bits per heavy atom. The number of nitrogens with zero attached hydrogens (tertiary/aromatic N) is 1. The minimum Gasteiger partial charge on any atom is -0.346 e. The summed E-state index contributed by atoms with van der Waals surface area (Å²) in [5.41, 5.74) is 0. The molecule has 0 aromatic carbocycles. The van der Waals surface area contributed by atoms with Gasteiger partial charge in [0, 0.05) is 18.3 Å². The summed E-state index contributed by atoms with van der Waals surface area (Å²) in [6.07, 6.45) is 2.17. The van der Waals surface area contributed by atoms with Crippen LogP contribution in [0.25, 0.3) is 0 Å². The fourth-order valence-corrected chi connectivity index (χ4v) is 2.60. The molecule has 0 spiro atoms. The Balaban J connectivity index is 2.14. The molecule has 1 aliphatic heterocycles. The van der Waals surface area contributed by atoms with Gasteiger partial charge in [-0.15, -0.1) is 11.8 Å². The first kappa shape index (κ1) is 15.3. The summed E-state index contributed by atoms with van der Waals surface area (Å²) in [5, 5.41) is 3.17. The van der Waals surface area contributed by atoms with Crippen LogP contribution in [-0.4, -0.2) is 47.4 Å². The zero-order valence-electron chi connectivity index (χ0n) is 11.6. The predicted molar refractivity (Wildman–Crippen MR) is 75.6 cm³/mol. The van der Waals surface area contributed by atoms with Crippen LogP contribution in [0.5, 0.6) is 0 Å². The summed E-state index contributed by atoms with van der Waals surface area (Å²) < 4.78 is 0. The number of hydrogen-bond donors (Lipinski definition) is 1. The Morgan fingerprint density at radius 1 is 1.22 bits per heavy atom. The number of thioether (sulfide) groups is 1. The molecule has 0 bridgehead atoms. The standard InChI is InChI=1S/C13H24N2O2S/c1-10(2)11(3)18-9-12(16)14-8-13(17)15-6-4-5-7-15/h10-11H,4-9H2,1-3H3,(H,14,16). The van der Waals surface area contributed by atoms with Crippen molar-refractivity contribution in [1.82, 2.24) is 10.2 Å². The van der Waals surface area contributed by atoms with Crippen LogP contribution >= 0.6 is 11.8 Å². The van der Waals surface area contributed by atoms with Crippen LogP contribution in [0.2, 0.25) is 0 Å². The molecule has 2 amide bonds. The summed E-state index contributed by atoms with van der Waals surface area (Å²) in [5.74, 6) is 1.00. The van der Waals surface area contributed by atoms with Gasteiger partial charge in [-0.05, 0) is 18.8 Å². The Bertz CT molecular complexity index is 289. The van der Waals surface area contributed by atoms with E-state index in [1.165, 1.54) is 0 Å². The van der Waals surface area contributed by atoms with Gasteiger partial charge in [0.1, 0.15) is 0 Å². The van der Waals surface area contributed by atoms with Crippen molar-refractivity contribution in [3.8, 4) is 0 Å². The maximum atomic E-state index is 11.7.